The molecule has 1 aliphatic heterocycles. The van der Waals surface area contributed by atoms with Crippen molar-refractivity contribution in [1.29, 1.82) is 0 Å². The first-order valence-corrected chi connectivity index (χ1v) is 10.3. The van der Waals surface area contributed by atoms with Crippen LogP contribution in [0.5, 0.6) is 0 Å². The van der Waals surface area contributed by atoms with E-state index >= 15 is 0 Å². The molecule has 1 N–H and O–H groups in total. The Bertz CT molecular complexity index is 727. The minimum absolute atomic E-state index is 0.142. The minimum Gasteiger partial charge on any atom is -0.381 e. The summed E-state index contributed by atoms with van der Waals surface area (Å²) in [7, 11) is -2.33. The monoisotopic (exact) mass is 373 g/mol. The van der Waals surface area contributed by atoms with E-state index < -0.39 is 24.3 Å². The van der Waals surface area contributed by atoms with Crippen molar-refractivity contribution in [1.82, 2.24) is 0 Å². The highest BCUT2D eigenvalue weighted by atomic mass is 35.7. The number of hydrogen-bond donors (Lipinski definition) is 1. The molecule has 1 fully saturated rings. The number of nitrogens with one attached hydrogen (secondary N) is 1. The van der Waals surface area contributed by atoms with Crippen LogP contribution in [0.3, 0.4) is 0 Å². The molecular formula is C11H13Cl2NO5S2. The van der Waals surface area contributed by atoms with E-state index in [1.807, 2.05) is 0 Å². The quantitative estimate of drug-likeness (QED) is 0.816. The van der Waals surface area contributed by atoms with Gasteiger partial charge in [0.25, 0.3) is 9.05 Å². The zero-order valence-corrected chi connectivity index (χ0v) is 13.9. The van der Waals surface area contributed by atoms with Crippen LogP contribution in [0.2, 0.25) is 5.02 Å². The van der Waals surface area contributed by atoms with Gasteiger partial charge < -0.3 is 4.74 Å². The first-order valence-electron chi connectivity index (χ1n) is 6.04. The average Bonchev–Trinajstić information content (AvgIpc) is 2.37. The molecule has 2 rings (SSSR count). The van der Waals surface area contributed by atoms with Crippen molar-refractivity contribution in [2.75, 3.05) is 17.9 Å². The number of hydrogen-bond acceptors (Lipinski definition) is 5. The Balaban J connectivity index is 2.22. The van der Waals surface area contributed by atoms with Gasteiger partial charge in [0, 0.05) is 23.9 Å². The summed E-state index contributed by atoms with van der Waals surface area (Å²) in [5.74, 6) is 0. The molecule has 0 spiro atoms. The molecule has 1 saturated heterocycles. The van der Waals surface area contributed by atoms with E-state index in [9.17, 15) is 16.8 Å². The van der Waals surface area contributed by atoms with Crippen LogP contribution in [-0.2, 0) is 23.8 Å². The largest absolute Gasteiger partial charge is 0.381 e. The highest BCUT2D eigenvalue weighted by Gasteiger charge is 2.28. The minimum atomic E-state index is -3.97. The molecule has 0 unspecified atom stereocenters. The molecule has 1 aliphatic rings. The van der Waals surface area contributed by atoms with Crippen molar-refractivity contribution in [2.45, 2.75) is 23.0 Å². The maximum absolute atomic E-state index is 12.2. The summed E-state index contributed by atoms with van der Waals surface area (Å²) in [6, 6.07) is 3.68. The van der Waals surface area contributed by atoms with Gasteiger partial charge in [0.2, 0.25) is 10.0 Å². The number of halogens is 2. The maximum atomic E-state index is 12.2. The van der Waals surface area contributed by atoms with Crippen LogP contribution < -0.4 is 4.72 Å². The van der Waals surface area contributed by atoms with Crippen molar-refractivity contribution in [3.8, 4) is 0 Å². The SMILES string of the molecule is O=S(=O)(Cl)c1ccc(NS(=O)(=O)C2CCOCC2)cc1Cl. The zero-order valence-electron chi connectivity index (χ0n) is 10.8. The normalized spacial score (nSPS) is 17.6. The highest BCUT2D eigenvalue weighted by molar-refractivity contribution is 8.13. The molecule has 1 heterocycles. The molecule has 0 amide bonds. The third-order valence-electron chi connectivity index (χ3n) is 3.06. The van der Waals surface area contributed by atoms with Gasteiger partial charge in [-0.15, -0.1) is 0 Å². The van der Waals surface area contributed by atoms with Crippen LogP contribution in [0, 0.1) is 0 Å². The Morgan fingerprint density at radius 1 is 1.14 bits per heavy atom. The Kier molecular flexibility index (Phi) is 5.04. The second kappa shape index (κ2) is 6.29. The molecule has 21 heavy (non-hydrogen) atoms. The fourth-order valence-electron chi connectivity index (χ4n) is 2.00. The summed E-state index contributed by atoms with van der Waals surface area (Å²) in [5.41, 5.74) is 0.190. The van der Waals surface area contributed by atoms with Crippen molar-refractivity contribution in [2.24, 2.45) is 0 Å². The predicted octanol–water partition coefficient (Wildman–Crippen LogP) is 2.19. The van der Waals surface area contributed by atoms with Crippen LogP contribution in [0.1, 0.15) is 12.8 Å². The Hall–Kier alpha value is -0.540. The van der Waals surface area contributed by atoms with Crippen LogP contribution in [0.25, 0.3) is 0 Å². The summed E-state index contributed by atoms with van der Waals surface area (Å²) in [6.07, 6.45) is 0.828. The number of ether oxygens (including phenoxy) is 1. The number of anilines is 1. The van der Waals surface area contributed by atoms with Gasteiger partial charge >= 0.3 is 0 Å². The molecule has 0 atom stereocenters. The molecular weight excluding hydrogens is 361 g/mol. The lowest BCUT2D eigenvalue weighted by molar-refractivity contribution is 0.0984. The molecule has 0 aromatic heterocycles. The average molecular weight is 374 g/mol. The Morgan fingerprint density at radius 2 is 1.76 bits per heavy atom. The highest BCUT2D eigenvalue weighted by Crippen LogP contribution is 2.28. The molecule has 6 nitrogen and oxygen atoms in total. The van der Waals surface area contributed by atoms with E-state index in [1.54, 1.807) is 0 Å². The molecule has 0 aliphatic carbocycles. The van der Waals surface area contributed by atoms with Crippen molar-refractivity contribution < 1.29 is 21.6 Å². The fourth-order valence-corrected chi connectivity index (χ4v) is 4.96. The third kappa shape index (κ3) is 4.23. The van der Waals surface area contributed by atoms with E-state index in [4.69, 9.17) is 27.0 Å². The Morgan fingerprint density at radius 3 is 2.29 bits per heavy atom. The van der Waals surface area contributed by atoms with E-state index in [0.29, 0.717) is 26.1 Å². The van der Waals surface area contributed by atoms with Gasteiger partial charge in [0.1, 0.15) is 4.90 Å². The lowest BCUT2D eigenvalue weighted by Gasteiger charge is -2.22. The fraction of sp³-hybridized carbons (Fsp3) is 0.455. The van der Waals surface area contributed by atoms with E-state index in [2.05, 4.69) is 4.72 Å². The van der Waals surface area contributed by atoms with Crippen LogP contribution in [-0.4, -0.2) is 35.3 Å². The van der Waals surface area contributed by atoms with Gasteiger partial charge in [-0.1, -0.05) is 11.6 Å². The summed E-state index contributed by atoms with van der Waals surface area (Å²) < 4.78 is 54.4. The van der Waals surface area contributed by atoms with Crippen molar-refractivity contribution >= 4 is 47.0 Å². The summed E-state index contributed by atoms with van der Waals surface area (Å²) in [6.45, 7) is 0.797. The van der Waals surface area contributed by atoms with Crippen molar-refractivity contribution in [3.05, 3.63) is 23.2 Å². The number of benzene rings is 1. The van der Waals surface area contributed by atoms with Crippen LogP contribution in [0.4, 0.5) is 5.69 Å². The lowest BCUT2D eigenvalue weighted by Crippen LogP contribution is -2.33. The summed E-state index contributed by atoms with van der Waals surface area (Å²) >= 11 is 5.81. The van der Waals surface area contributed by atoms with Crippen molar-refractivity contribution in [3.63, 3.8) is 0 Å². The summed E-state index contributed by atoms with van der Waals surface area (Å²) in [4.78, 5) is -0.264. The van der Waals surface area contributed by atoms with E-state index in [0.717, 1.165) is 6.07 Å². The zero-order chi connectivity index (χ0) is 15.7. The topological polar surface area (TPSA) is 89.5 Å². The standard InChI is InChI=1S/C11H13Cl2NO5S2/c12-10-7-8(1-2-11(10)20(13,15)16)14-21(17,18)9-3-5-19-6-4-9/h1-2,7,9,14H,3-6H2. The van der Waals surface area contributed by atoms with Gasteiger partial charge in [-0.2, -0.15) is 0 Å². The molecule has 0 bridgehead atoms. The summed E-state index contributed by atoms with van der Waals surface area (Å²) in [5, 5.41) is -0.682. The van der Waals surface area contributed by atoms with Crippen LogP contribution >= 0.6 is 22.3 Å². The molecule has 10 heteroatoms. The first kappa shape index (κ1) is 16.8. The third-order valence-corrected chi connectivity index (χ3v) is 6.74. The number of sulfonamides is 1. The first-order chi connectivity index (χ1) is 9.70. The molecule has 1 aromatic rings. The number of rotatable bonds is 4. The molecule has 118 valence electrons. The maximum Gasteiger partial charge on any atom is 0.262 e. The Labute approximate surface area is 132 Å². The van der Waals surface area contributed by atoms with Crippen LogP contribution in [0.15, 0.2) is 23.1 Å². The van der Waals surface area contributed by atoms with E-state index in [1.165, 1.54) is 12.1 Å². The lowest BCUT2D eigenvalue weighted by atomic mass is 10.2. The second-order valence-corrected chi connectivity index (χ2v) is 9.44. The van der Waals surface area contributed by atoms with Gasteiger partial charge in [-0.25, -0.2) is 16.8 Å². The van der Waals surface area contributed by atoms with Gasteiger partial charge in [-0.05, 0) is 31.0 Å². The predicted molar refractivity (Wildman–Crippen MR) is 80.9 cm³/mol. The molecule has 0 saturated carbocycles. The smallest absolute Gasteiger partial charge is 0.262 e. The second-order valence-electron chi connectivity index (χ2n) is 4.54. The van der Waals surface area contributed by atoms with Gasteiger partial charge in [-0.3, -0.25) is 4.72 Å². The van der Waals surface area contributed by atoms with E-state index in [-0.39, 0.29) is 15.6 Å². The molecule has 0 radical (unpaired) electrons. The van der Waals surface area contributed by atoms with Gasteiger partial charge in [0.05, 0.1) is 16.0 Å². The van der Waals surface area contributed by atoms with Gasteiger partial charge in [0.15, 0.2) is 0 Å². The molecule has 1 aromatic carbocycles.